The van der Waals surface area contributed by atoms with Crippen LogP contribution in [0.25, 0.3) is 10.9 Å². The molecule has 2 aromatic carbocycles. The summed E-state index contributed by atoms with van der Waals surface area (Å²) in [7, 11) is 0. The third kappa shape index (κ3) is 2.36. The van der Waals surface area contributed by atoms with E-state index in [0.29, 0.717) is 5.56 Å². The molecule has 1 heterocycles. The molecule has 2 N–H and O–H groups in total. The Morgan fingerprint density at radius 3 is 2.84 bits per heavy atom. The molecular weight excluding hydrogens is 236 g/mol. The first-order chi connectivity index (χ1) is 9.22. The van der Waals surface area contributed by atoms with E-state index in [0.717, 1.165) is 22.2 Å². The molecule has 3 heteroatoms. The van der Waals surface area contributed by atoms with Crippen molar-refractivity contribution in [3.63, 3.8) is 0 Å². The Labute approximate surface area is 111 Å². The van der Waals surface area contributed by atoms with Crippen molar-refractivity contribution in [2.75, 3.05) is 5.32 Å². The number of amides is 1. The molecule has 0 aliphatic heterocycles. The van der Waals surface area contributed by atoms with Crippen LogP contribution in [-0.2, 0) is 0 Å². The number of fused-ring (bicyclic) bond motifs is 1. The SMILES string of the molecule is Cc1cccc(NC(=O)c2ccc3[nH]ccc3c2)c1. The number of carbonyl (C=O) groups excluding carboxylic acids is 1. The largest absolute Gasteiger partial charge is 0.361 e. The number of nitrogens with one attached hydrogen (secondary N) is 2. The predicted molar refractivity (Wildman–Crippen MR) is 77.4 cm³/mol. The lowest BCUT2D eigenvalue weighted by atomic mass is 10.1. The summed E-state index contributed by atoms with van der Waals surface area (Å²) in [6, 6.07) is 15.4. The molecule has 0 aliphatic rings. The van der Waals surface area contributed by atoms with Crippen molar-refractivity contribution < 1.29 is 4.79 Å². The monoisotopic (exact) mass is 250 g/mol. The molecule has 3 aromatic rings. The molecule has 3 nitrogen and oxygen atoms in total. The van der Waals surface area contributed by atoms with Gasteiger partial charge in [-0.05, 0) is 48.9 Å². The Morgan fingerprint density at radius 1 is 1.11 bits per heavy atom. The Hall–Kier alpha value is -2.55. The highest BCUT2D eigenvalue weighted by Crippen LogP contribution is 2.16. The highest BCUT2D eigenvalue weighted by molar-refractivity contribution is 6.06. The minimum Gasteiger partial charge on any atom is -0.361 e. The zero-order valence-electron chi connectivity index (χ0n) is 10.6. The molecule has 0 atom stereocenters. The summed E-state index contributed by atoms with van der Waals surface area (Å²) in [5.41, 5.74) is 3.64. The molecule has 19 heavy (non-hydrogen) atoms. The third-order valence-electron chi connectivity index (χ3n) is 3.09. The number of carbonyl (C=O) groups is 1. The van der Waals surface area contributed by atoms with Crippen molar-refractivity contribution in [3.05, 3.63) is 65.9 Å². The van der Waals surface area contributed by atoms with Gasteiger partial charge in [0.05, 0.1) is 0 Å². The molecule has 1 amide bonds. The summed E-state index contributed by atoms with van der Waals surface area (Å²) in [5, 5.41) is 3.95. The molecular formula is C16H14N2O. The average Bonchev–Trinajstić information content (AvgIpc) is 2.85. The normalized spacial score (nSPS) is 10.6. The highest BCUT2D eigenvalue weighted by Gasteiger charge is 2.07. The standard InChI is InChI=1S/C16H14N2O/c1-11-3-2-4-14(9-11)18-16(19)13-5-6-15-12(10-13)7-8-17-15/h2-10,17H,1H3,(H,18,19). The van der Waals surface area contributed by atoms with Crippen LogP contribution in [0.2, 0.25) is 0 Å². The van der Waals surface area contributed by atoms with E-state index in [1.165, 1.54) is 0 Å². The zero-order chi connectivity index (χ0) is 13.2. The molecule has 0 radical (unpaired) electrons. The highest BCUT2D eigenvalue weighted by atomic mass is 16.1. The number of hydrogen-bond donors (Lipinski definition) is 2. The van der Waals surface area contributed by atoms with E-state index < -0.39 is 0 Å². The number of anilines is 1. The number of H-pyrrole nitrogens is 1. The topological polar surface area (TPSA) is 44.9 Å². The lowest BCUT2D eigenvalue weighted by Crippen LogP contribution is -2.11. The molecule has 0 saturated heterocycles. The first-order valence-corrected chi connectivity index (χ1v) is 6.17. The number of aromatic amines is 1. The van der Waals surface area contributed by atoms with Gasteiger partial charge in [0.1, 0.15) is 0 Å². The molecule has 0 spiro atoms. The van der Waals surface area contributed by atoms with E-state index in [2.05, 4.69) is 10.3 Å². The number of benzene rings is 2. The van der Waals surface area contributed by atoms with E-state index in [1.54, 1.807) is 0 Å². The minimum atomic E-state index is -0.0892. The van der Waals surface area contributed by atoms with Crippen LogP contribution in [0, 0.1) is 6.92 Å². The molecule has 1 aromatic heterocycles. The van der Waals surface area contributed by atoms with Gasteiger partial charge < -0.3 is 10.3 Å². The maximum absolute atomic E-state index is 12.2. The lowest BCUT2D eigenvalue weighted by molar-refractivity contribution is 0.102. The Kier molecular flexibility index (Phi) is 2.80. The second-order valence-corrected chi connectivity index (χ2v) is 4.60. The van der Waals surface area contributed by atoms with Crippen molar-refractivity contribution in [1.29, 1.82) is 0 Å². The van der Waals surface area contributed by atoms with Crippen LogP contribution in [0.3, 0.4) is 0 Å². The van der Waals surface area contributed by atoms with Crippen molar-refractivity contribution in [3.8, 4) is 0 Å². The fourth-order valence-corrected chi connectivity index (χ4v) is 2.12. The van der Waals surface area contributed by atoms with E-state index in [4.69, 9.17) is 0 Å². The summed E-state index contributed by atoms with van der Waals surface area (Å²) in [6.45, 7) is 2.00. The first kappa shape index (κ1) is 11.5. The quantitative estimate of drug-likeness (QED) is 0.715. The van der Waals surface area contributed by atoms with Gasteiger partial charge in [-0.3, -0.25) is 4.79 Å². The van der Waals surface area contributed by atoms with Crippen LogP contribution >= 0.6 is 0 Å². The van der Waals surface area contributed by atoms with E-state index in [-0.39, 0.29) is 5.91 Å². The van der Waals surface area contributed by atoms with Gasteiger partial charge in [0.25, 0.3) is 5.91 Å². The molecule has 94 valence electrons. The fourth-order valence-electron chi connectivity index (χ4n) is 2.12. The maximum Gasteiger partial charge on any atom is 0.255 e. The second-order valence-electron chi connectivity index (χ2n) is 4.60. The molecule has 0 unspecified atom stereocenters. The maximum atomic E-state index is 12.2. The van der Waals surface area contributed by atoms with Gasteiger partial charge in [-0.1, -0.05) is 12.1 Å². The molecule has 0 saturated carbocycles. The summed E-state index contributed by atoms with van der Waals surface area (Å²) >= 11 is 0. The van der Waals surface area contributed by atoms with Crippen LogP contribution in [0.15, 0.2) is 54.7 Å². The average molecular weight is 250 g/mol. The second kappa shape index (κ2) is 4.61. The summed E-state index contributed by atoms with van der Waals surface area (Å²) < 4.78 is 0. The fraction of sp³-hybridized carbons (Fsp3) is 0.0625. The van der Waals surface area contributed by atoms with Crippen LogP contribution in [0.4, 0.5) is 5.69 Å². The molecule has 0 aliphatic carbocycles. The minimum absolute atomic E-state index is 0.0892. The van der Waals surface area contributed by atoms with Gasteiger partial charge in [-0.25, -0.2) is 0 Å². The Morgan fingerprint density at radius 2 is 2.00 bits per heavy atom. The van der Waals surface area contributed by atoms with Gasteiger partial charge in [0, 0.05) is 28.4 Å². The zero-order valence-corrected chi connectivity index (χ0v) is 10.6. The van der Waals surface area contributed by atoms with Crippen LogP contribution in [0.1, 0.15) is 15.9 Å². The van der Waals surface area contributed by atoms with Gasteiger partial charge in [-0.2, -0.15) is 0 Å². The summed E-state index contributed by atoms with van der Waals surface area (Å²) in [5.74, 6) is -0.0892. The van der Waals surface area contributed by atoms with Crippen molar-refractivity contribution >= 4 is 22.5 Å². The third-order valence-corrected chi connectivity index (χ3v) is 3.09. The lowest BCUT2D eigenvalue weighted by Gasteiger charge is -2.06. The van der Waals surface area contributed by atoms with Gasteiger partial charge in [0.15, 0.2) is 0 Å². The van der Waals surface area contributed by atoms with Crippen LogP contribution < -0.4 is 5.32 Å². The van der Waals surface area contributed by atoms with Gasteiger partial charge in [0.2, 0.25) is 0 Å². The van der Waals surface area contributed by atoms with Crippen molar-refractivity contribution in [2.45, 2.75) is 6.92 Å². The number of aryl methyl sites for hydroxylation is 1. The van der Waals surface area contributed by atoms with Gasteiger partial charge >= 0.3 is 0 Å². The summed E-state index contributed by atoms with van der Waals surface area (Å²) in [4.78, 5) is 15.3. The Bertz CT molecular complexity index is 743. The smallest absolute Gasteiger partial charge is 0.255 e. The number of rotatable bonds is 2. The molecule has 0 fully saturated rings. The van der Waals surface area contributed by atoms with E-state index in [1.807, 2.05) is 61.7 Å². The van der Waals surface area contributed by atoms with Gasteiger partial charge in [-0.15, -0.1) is 0 Å². The van der Waals surface area contributed by atoms with E-state index >= 15 is 0 Å². The number of hydrogen-bond acceptors (Lipinski definition) is 1. The van der Waals surface area contributed by atoms with Crippen LogP contribution in [0.5, 0.6) is 0 Å². The molecule has 0 bridgehead atoms. The first-order valence-electron chi connectivity index (χ1n) is 6.17. The van der Waals surface area contributed by atoms with E-state index in [9.17, 15) is 4.79 Å². The Balaban J connectivity index is 1.87. The predicted octanol–water partition coefficient (Wildman–Crippen LogP) is 3.73. The van der Waals surface area contributed by atoms with Crippen molar-refractivity contribution in [1.82, 2.24) is 4.98 Å². The van der Waals surface area contributed by atoms with Crippen molar-refractivity contribution in [2.24, 2.45) is 0 Å². The summed E-state index contributed by atoms with van der Waals surface area (Å²) in [6.07, 6.45) is 1.87. The van der Waals surface area contributed by atoms with Crippen LogP contribution in [-0.4, -0.2) is 10.9 Å². The molecule has 3 rings (SSSR count). The number of aromatic nitrogens is 1.